The molecule has 3 N–H and O–H groups in total. The Morgan fingerprint density at radius 3 is 2.19 bits per heavy atom. The molecule has 48 heavy (non-hydrogen) atoms. The van der Waals surface area contributed by atoms with Gasteiger partial charge in [0, 0.05) is 44.6 Å². The third kappa shape index (κ3) is 8.61. The van der Waals surface area contributed by atoms with Gasteiger partial charge in [-0.1, -0.05) is 58.4 Å². The second kappa shape index (κ2) is 16.5. The maximum atomic E-state index is 15.7. The number of rotatable bonds is 11. The van der Waals surface area contributed by atoms with Crippen molar-refractivity contribution >= 4 is 35.1 Å². The molecular weight excluding hydrogens is 613 g/mol. The number of nitrogens with zero attached hydrogens (tertiary/aromatic N) is 4. The van der Waals surface area contributed by atoms with Crippen molar-refractivity contribution in [2.75, 3.05) is 43.9 Å². The van der Waals surface area contributed by atoms with Gasteiger partial charge in [0.1, 0.15) is 23.6 Å². The molecule has 0 radical (unpaired) electrons. The van der Waals surface area contributed by atoms with Gasteiger partial charge in [-0.15, -0.1) is 0 Å². The zero-order chi connectivity index (χ0) is 34.2. The van der Waals surface area contributed by atoms with Crippen LogP contribution in [0.3, 0.4) is 0 Å². The molecule has 3 atom stereocenters. The van der Waals surface area contributed by atoms with Crippen LogP contribution >= 0.6 is 0 Å². The van der Waals surface area contributed by atoms with E-state index < -0.39 is 35.5 Å². The van der Waals surface area contributed by atoms with Crippen molar-refractivity contribution in [1.29, 1.82) is 0 Å². The van der Waals surface area contributed by atoms with Crippen molar-refractivity contribution in [1.82, 2.24) is 24.9 Å². The van der Waals surface area contributed by atoms with Gasteiger partial charge in [-0.2, -0.15) is 5.10 Å². The molecule has 12 heteroatoms. The number of piperazine rings is 1. The van der Waals surface area contributed by atoms with Gasteiger partial charge < -0.3 is 25.8 Å². The molecule has 0 unspecified atom stereocenters. The summed E-state index contributed by atoms with van der Waals surface area (Å²) >= 11 is 0. The van der Waals surface area contributed by atoms with E-state index in [1.807, 2.05) is 11.7 Å². The van der Waals surface area contributed by atoms with Crippen molar-refractivity contribution in [3.05, 3.63) is 41.8 Å². The molecule has 3 aliphatic rings. The van der Waals surface area contributed by atoms with Crippen LogP contribution in [0, 0.1) is 17.7 Å². The molecule has 2 saturated carbocycles. The molecule has 11 nitrogen and oxygen atoms in total. The second-order valence-electron chi connectivity index (χ2n) is 13.9. The molecular formula is C36H52FN7O4. The summed E-state index contributed by atoms with van der Waals surface area (Å²) in [7, 11) is 2.00. The van der Waals surface area contributed by atoms with Crippen LogP contribution < -0.4 is 16.0 Å². The molecule has 1 saturated heterocycles. The fourth-order valence-corrected chi connectivity index (χ4v) is 7.47. The van der Waals surface area contributed by atoms with Crippen LogP contribution in [0.5, 0.6) is 0 Å². The predicted molar refractivity (Wildman–Crippen MR) is 183 cm³/mol. The van der Waals surface area contributed by atoms with Crippen LogP contribution in [0.15, 0.2) is 30.5 Å². The standard InChI is InChI=1S/C36H52FN7O4/c1-4-31(45)41-33(36(48)43-21-19-42(3)20-22-43)24(2)26-15-16-29(28(37)23-26)39-34(46)32(25-11-7-5-6-8-12-25)35(47)40-30-17-18-38-44(30)27-13-9-10-14-27/h15-18,23-25,27,32-33H,4-14,19-22H2,1-3H3,(H,39,46)(H,40,47)(H,41,45)/t24-,32-,33+/m0/s1. The van der Waals surface area contributed by atoms with E-state index in [-0.39, 0.29) is 35.9 Å². The number of likely N-dealkylation sites (N-methyl/N-ethyl adjacent to an activating group) is 1. The number of halogens is 1. The van der Waals surface area contributed by atoms with Gasteiger partial charge in [0.2, 0.25) is 23.6 Å². The Bertz CT molecular complexity index is 1430. The highest BCUT2D eigenvalue weighted by Crippen LogP contribution is 2.34. The third-order valence-electron chi connectivity index (χ3n) is 10.5. The maximum absolute atomic E-state index is 15.7. The fourth-order valence-electron chi connectivity index (χ4n) is 7.47. The summed E-state index contributed by atoms with van der Waals surface area (Å²) in [5.74, 6) is -3.16. The molecule has 5 rings (SSSR count). The third-order valence-corrected chi connectivity index (χ3v) is 10.5. The smallest absolute Gasteiger partial charge is 0.245 e. The van der Waals surface area contributed by atoms with Crippen LogP contribution in [-0.2, 0) is 19.2 Å². The molecule has 1 aromatic carbocycles. The minimum Gasteiger partial charge on any atom is -0.344 e. The quantitative estimate of drug-likeness (QED) is 0.227. The number of hydrogen-bond donors (Lipinski definition) is 3. The molecule has 3 fully saturated rings. The summed E-state index contributed by atoms with van der Waals surface area (Å²) < 4.78 is 17.6. The van der Waals surface area contributed by atoms with Crippen LogP contribution in [-0.4, -0.2) is 82.5 Å². The highest BCUT2D eigenvalue weighted by molar-refractivity contribution is 6.11. The zero-order valence-corrected chi connectivity index (χ0v) is 28.7. The van der Waals surface area contributed by atoms with E-state index in [0.717, 1.165) is 77.3 Å². The molecule has 0 bridgehead atoms. The Morgan fingerprint density at radius 1 is 0.896 bits per heavy atom. The largest absolute Gasteiger partial charge is 0.344 e. The summed E-state index contributed by atoms with van der Waals surface area (Å²) in [6.07, 6.45) is 11.6. The van der Waals surface area contributed by atoms with Crippen LogP contribution in [0.2, 0.25) is 0 Å². The number of anilines is 2. The number of carbonyl (C=O) groups is 4. The maximum Gasteiger partial charge on any atom is 0.245 e. The van der Waals surface area contributed by atoms with Gasteiger partial charge in [-0.25, -0.2) is 9.07 Å². The van der Waals surface area contributed by atoms with Crippen molar-refractivity contribution in [2.24, 2.45) is 11.8 Å². The van der Waals surface area contributed by atoms with Crippen molar-refractivity contribution in [2.45, 2.75) is 102 Å². The Labute approximate surface area is 283 Å². The van der Waals surface area contributed by atoms with Gasteiger partial charge in [-0.05, 0) is 56.3 Å². The first-order chi connectivity index (χ1) is 23.2. The first kappa shape index (κ1) is 35.5. The molecule has 2 heterocycles. The van der Waals surface area contributed by atoms with E-state index >= 15 is 4.39 Å². The monoisotopic (exact) mass is 665 g/mol. The lowest BCUT2D eigenvalue weighted by atomic mass is 9.84. The summed E-state index contributed by atoms with van der Waals surface area (Å²) in [4.78, 5) is 57.7. The molecule has 1 aliphatic heterocycles. The highest BCUT2D eigenvalue weighted by atomic mass is 19.1. The normalized spacial score (nSPS) is 20.0. The highest BCUT2D eigenvalue weighted by Gasteiger charge is 2.37. The van der Waals surface area contributed by atoms with E-state index in [4.69, 9.17) is 0 Å². The first-order valence-electron chi connectivity index (χ1n) is 17.9. The lowest BCUT2D eigenvalue weighted by Crippen LogP contribution is -2.55. The topological polar surface area (TPSA) is 129 Å². The first-order valence-corrected chi connectivity index (χ1v) is 17.9. The Morgan fingerprint density at radius 2 is 1.54 bits per heavy atom. The fraction of sp³-hybridized carbons (Fsp3) is 0.639. The van der Waals surface area contributed by atoms with Gasteiger partial charge in [0.25, 0.3) is 0 Å². The van der Waals surface area contributed by atoms with Gasteiger partial charge >= 0.3 is 0 Å². The van der Waals surface area contributed by atoms with Crippen molar-refractivity contribution < 1.29 is 23.6 Å². The van der Waals surface area contributed by atoms with E-state index in [9.17, 15) is 19.2 Å². The average molecular weight is 666 g/mol. The summed E-state index contributed by atoms with van der Waals surface area (Å²) in [6, 6.07) is 5.59. The van der Waals surface area contributed by atoms with E-state index in [2.05, 4.69) is 25.9 Å². The lowest BCUT2D eigenvalue weighted by molar-refractivity contribution is -0.138. The lowest BCUT2D eigenvalue weighted by Gasteiger charge is -2.36. The summed E-state index contributed by atoms with van der Waals surface area (Å²) in [5.41, 5.74) is 0.491. The average Bonchev–Trinajstić information content (AvgIpc) is 3.71. The summed E-state index contributed by atoms with van der Waals surface area (Å²) in [6.45, 7) is 6.10. The number of amides is 4. The van der Waals surface area contributed by atoms with E-state index in [0.29, 0.717) is 24.5 Å². The van der Waals surface area contributed by atoms with Crippen molar-refractivity contribution in [3.63, 3.8) is 0 Å². The minimum atomic E-state index is -0.997. The predicted octanol–water partition coefficient (Wildman–Crippen LogP) is 5.07. The number of carbonyl (C=O) groups excluding carboxylic acids is 4. The molecule has 2 aliphatic carbocycles. The van der Waals surface area contributed by atoms with Gasteiger partial charge in [0.15, 0.2) is 0 Å². The molecule has 0 spiro atoms. The molecule has 2 aromatic rings. The number of benzene rings is 1. The van der Waals surface area contributed by atoms with Crippen molar-refractivity contribution in [3.8, 4) is 0 Å². The van der Waals surface area contributed by atoms with Gasteiger partial charge in [-0.3, -0.25) is 19.2 Å². The van der Waals surface area contributed by atoms with Crippen LogP contribution in [0.1, 0.15) is 102 Å². The van der Waals surface area contributed by atoms with E-state index in [1.165, 1.54) is 12.1 Å². The van der Waals surface area contributed by atoms with E-state index in [1.54, 1.807) is 37.1 Å². The Balaban J connectivity index is 1.33. The van der Waals surface area contributed by atoms with Crippen LogP contribution in [0.25, 0.3) is 0 Å². The molecule has 262 valence electrons. The number of nitrogens with one attached hydrogen (secondary N) is 3. The minimum absolute atomic E-state index is 0.0297. The Hall–Kier alpha value is -3.80. The SMILES string of the molecule is CCC(=O)N[C@@H](C(=O)N1CCN(C)CC1)[C@@H](C)c1ccc(NC(=O)[C@@H](C(=O)Nc2ccnn2C2CCCC2)C2CCCCCC2)c(F)c1. The summed E-state index contributed by atoms with van der Waals surface area (Å²) in [5, 5.41) is 13.0. The van der Waals surface area contributed by atoms with Gasteiger partial charge in [0.05, 0.1) is 17.9 Å². The Kier molecular flexibility index (Phi) is 12.2. The molecule has 4 amide bonds. The van der Waals surface area contributed by atoms with Crippen LogP contribution in [0.4, 0.5) is 15.9 Å². The number of aromatic nitrogens is 2. The zero-order valence-electron chi connectivity index (χ0n) is 28.7. The number of hydrogen-bond acceptors (Lipinski definition) is 6. The molecule has 1 aromatic heterocycles. The second-order valence-corrected chi connectivity index (χ2v) is 13.9.